The Morgan fingerprint density at radius 3 is 2.45 bits per heavy atom. The third-order valence-electron chi connectivity index (χ3n) is 3.23. The van der Waals surface area contributed by atoms with Gasteiger partial charge in [0.25, 0.3) is 0 Å². The number of nitrogens with zero attached hydrogens (tertiary/aromatic N) is 2. The zero-order valence-corrected chi connectivity index (χ0v) is 11.1. The van der Waals surface area contributed by atoms with Crippen molar-refractivity contribution in [1.29, 1.82) is 5.26 Å². The zero-order chi connectivity index (χ0) is 13.9. The molecule has 1 heterocycles. The molecule has 1 N–H and O–H groups in total. The van der Waals surface area contributed by atoms with Crippen LogP contribution in [0.5, 0.6) is 0 Å². The van der Waals surface area contributed by atoms with E-state index in [2.05, 4.69) is 16.3 Å². The first-order chi connectivity index (χ1) is 9.78. The number of nitriles is 1. The molecule has 0 saturated heterocycles. The van der Waals surface area contributed by atoms with Crippen LogP contribution in [0.2, 0.25) is 0 Å². The number of aromatic nitrogens is 2. The summed E-state index contributed by atoms with van der Waals surface area (Å²) in [6.45, 7) is 1.96. The number of aromatic amines is 1. The van der Waals surface area contributed by atoms with Gasteiger partial charge in [0.15, 0.2) is 0 Å². The predicted molar refractivity (Wildman–Crippen MR) is 78.9 cm³/mol. The van der Waals surface area contributed by atoms with Crippen LogP contribution in [0, 0.1) is 18.3 Å². The van der Waals surface area contributed by atoms with Gasteiger partial charge in [-0.15, -0.1) is 0 Å². The van der Waals surface area contributed by atoms with Crippen LogP contribution in [0.4, 0.5) is 0 Å². The minimum absolute atomic E-state index is 0.661. The van der Waals surface area contributed by atoms with E-state index in [9.17, 15) is 5.26 Å². The van der Waals surface area contributed by atoms with Crippen LogP contribution in [-0.4, -0.2) is 10.2 Å². The van der Waals surface area contributed by atoms with Crippen molar-refractivity contribution in [2.45, 2.75) is 6.92 Å². The van der Waals surface area contributed by atoms with E-state index >= 15 is 0 Å². The molecule has 0 aliphatic rings. The number of nitrogens with one attached hydrogen (secondary N) is 1. The van der Waals surface area contributed by atoms with E-state index in [4.69, 9.17) is 0 Å². The molecule has 20 heavy (non-hydrogen) atoms. The fourth-order valence-electron chi connectivity index (χ4n) is 2.23. The van der Waals surface area contributed by atoms with Gasteiger partial charge in [-0.25, -0.2) is 0 Å². The first kappa shape index (κ1) is 12.2. The maximum atomic E-state index is 9.38. The summed E-state index contributed by atoms with van der Waals surface area (Å²) in [5.74, 6) is 0. The van der Waals surface area contributed by atoms with Gasteiger partial charge >= 0.3 is 0 Å². The second kappa shape index (κ2) is 5.02. The van der Waals surface area contributed by atoms with E-state index in [1.165, 1.54) is 0 Å². The quantitative estimate of drug-likeness (QED) is 0.758. The zero-order valence-electron chi connectivity index (χ0n) is 11.1. The number of hydrogen-bond donors (Lipinski definition) is 1. The highest BCUT2D eigenvalue weighted by Crippen LogP contribution is 2.27. The average Bonchev–Trinajstić information content (AvgIpc) is 2.94. The largest absolute Gasteiger partial charge is 0.282 e. The number of H-pyrrole nitrogens is 1. The molecule has 0 aliphatic heterocycles. The predicted octanol–water partition coefficient (Wildman–Crippen LogP) is 3.92. The minimum atomic E-state index is 0.661. The second-order valence-electron chi connectivity index (χ2n) is 4.67. The van der Waals surface area contributed by atoms with E-state index in [1.807, 2.05) is 61.5 Å². The molecule has 3 rings (SSSR count). The van der Waals surface area contributed by atoms with E-state index in [1.54, 1.807) is 0 Å². The summed E-state index contributed by atoms with van der Waals surface area (Å²) in [6.07, 6.45) is 0. The Labute approximate surface area is 117 Å². The fourth-order valence-corrected chi connectivity index (χ4v) is 2.23. The van der Waals surface area contributed by atoms with Gasteiger partial charge in [0.2, 0.25) is 0 Å². The van der Waals surface area contributed by atoms with Crippen molar-refractivity contribution in [2.75, 3.05) is 0 Å². The van der Waals surface area contributed by atoms with Gasteiger partial charge < -0.3 is 0 Å². The molecule has 0 fully saturated rings. The molecule has 0 atom stereocenters. The Morgan fingerprint density at radius 1 is 1.00 bits per heavy atom. The Morgan fingerprint density at radius 2 is 1.80 bits per heavy atom. The van der Waals surface area contributed by atoms with Gasteiger partial charge in [0, 0.05) is 11.3 Å². The van der Waals surface area contributed by atoms with Crippen molar-refractivity contribution in [3.05, 3.63) is 65.9 Å². The van der Waals surface area contributed by atoms with Crippen LogP contribution in [-0.2, 0) is 0 Å². The number of hydrogen-bond acceptors (Lipinski definition) is 2. The molecule has 3 heteroatoms. The number of benzene rings is 2. The Balaban J connectivity index is 2.10. The van der Waals surface area contributed by atoms with Gasteiger partial charge in [0.1, 0.15) is 0 Å². The van der Waals surface area contributed by atoms with Crippen molar-refractivity contribution in [3.63, 3.8) is 0 Å². The van der Waals surface area contributed by atoms with Crippen LogP contribution >= 0.6 is 0 Å². The summed E-state index contributed by atoms with van der Waals surface area (Å²) in [5, 5.41) is 16.5. The van der Waals surface area contributed by atoms with E-state index in [0.717, 1.165) is 28.1 Å². The highest BCUT2D eigenvalue weighted by atomic mass is 15.1. The Kier molecular flexibility index (Phi) is 3.06. The molecule has 1 aromatic heterocycles. The molecule has 0 aliphatic carbocycles. The summed E-state index contributed by atoms with van der Waals surface area (Å²) in [6, 6.07) is 20.0. The maximum Gasteiger partial charge on any atom is 0.0998 e. The second-order valence-corrected chi connectivity index (χ2v) is 4.67. The Bertz CT molecular complexity index is 779. The smallest absolute Gasteiger partial charge is 0.0998 e. The van der Waals surface area contributed by atoms with E-state index in [-0.39, 0.29) is 0 Å². The lowest BCUT2D eigenvalue weighted by Crippen LogP contribution is -1.87. The van der Waals surface area contributed by atoms with Gasteiger partial charge in [-0.1, -0.05) is 42.5 Å². The van der Waals surface area contributed by atoms with Crippen molar-refractivity contribution in [3.8, 4) is 28.5 Å². The van der Waals surface area contributed by atoms with Crippen LogP contribution in [0.15, 0.2) is 54.6 Å². The molecule has 0 spiro atoms. The van der Waals surface area contributed by atoms with Gasteiger partial charge in [-0.3, -0.25) is 5.10 Å². The highest BCUT2D eigenvalue weighted by Gasteiger charge is 2.08. The van der Waals surface area contributed by atoms with Crippen molar-refractivity contribution >= 4 is 0 Å². The summed E-state index contributed by atoms with van der Waals surface area (Å²) in [5.41, 5.74) is 5.47. The first-order valence-electron chi connectivity index (χ1n) is 6.40. The topological polar surface area (TPSA) is 52.5 Å². The van der Waals surface area contributed by atoms with Gasteiger partial charge in [-0.2, -0.15) is 10.4 Å². The lowest BCUT2D eigenvalue weighted by atomic mass is 9.97. The molecular formula is C17H13N3. The Hall–Kier alpha value is -2.86. The molecule has 3 aromatic rings. The number of rotatable bonds is 2. The number of aryl methyl sites for hydroxylation is 1. The van der Waals surface area contributed by atoms with Crippen LogP contribution in [0.3, 0.4) is 0 Å². The molecule has 96 valence electrons. The third kappa shape index (κ3) is 2.19. The van der Waals surface area contributed by atoms with Crippen molar-refractivity contribution < 1.29 is 0 Å². The molecule has 0 saturated carbocycles. The van der Waals surface area contributed by atoms with E-state index in [0.29, 0.717) is 5.56 Å². The van der Waals surface area contributed by atoms with Crippen molar-refractivity contribution in [1.82, 2.24) is 10.2 Å². The highest BCUT2D eigenvalue weighted by molar-refractivity contribution is 5.75. The fraction of sp³-hybridized carbons (Fsp3) is 0.0588. The molecule has 3 nitrogen and oxygen atoms in total. The minimum Gasteiger partial charge on any atom is -0.282 e. The monoisotopic (exact) mass is 259 g/mol. The average molecular weight is 259 g/mol. The molecule has 0 radical (unpaired) electrons. The molecular weight excluding hydrogens is 246 g/mol. The first-order valence-corrected chi connectivity index (χ1v) is 6.40. The molecule has 0 bridgehead atoms. The van der Waals surface area contributed by atoms with Crippen LogP contribution in [0.1, 0.15) is 11.3 Å². The maximum absolute atomic E-state index is 9.38. The molecule has 2 aromatic carbocycles. The summed E-state index contributed by atoms with van der Waals surface area (Å²) < 4.78 is 0. The van der Waals surface area contributed by atoms with Crippen molar-refractivity contribution in [2.24, 2.45) is 0 Å². The third-order valence-corrected chi connectivity index (χ3v) is 3.23. The lowest BCUT2D eigenvalue weighted by Gasteiger charge is -2.06. The summed E-state index contributed by atoms with van der Waals surface area (Å²) in [7, 11) is 0. The summed E-state index contributed by atoms with van der Waals surface area (Å²) in [4.78, 5) is 0. The molecule has 0 amide bonds. The van der Waals surface area contributed by atoms with Crippen LogP contribution < -0.4 is 0 Å². The normalized spacial score (nSPS) is 10.2. The van der Waals surface area contributed by atoms with Gasteiger partial charge in [-0.05, 0) is 30.2 Å². The van der Waals surface area contributed by atoms with E-state index < -0.39 is 0 Å². The van der Waals surface area contributed by atoms with Gasteiger partial charge in [0.05, 0.1) is 17.3 Å². The SMILES string of the molecule is Cc1cc(-c2ccc(-c3ccccc3)c(C#N)c2)n[nH]1. The van der Waals surface area contributed by atoms with Crippen LogP contribution in [0.25, 0.3) is 22.4 Å². The summed E-state index contributed by atoms with van der Waals surface area (Å²) >= 11 is 0. The lowest BCUT2D eigenvalue weighted by molar-refractivity contribution is 1.05. The molecule has 0 unspecified atom stereocenters. The standard InChI is InChI=1S/C17H13N3/c1-12-9-17(20-19-12)14-7-8-16(15(10-14)11-18)13-5-3-2-4-6-13/h2-10H,1H3,(H,19,20).